The van der Waals surface area contributed by atoms with Crippen LogP contribution >= 0.6 is 0 Å². The van der Waals surface area contributed by atoms with Crippen molar-refractivity contribution in [2.45, 2.75) is 38.8 Å². The van der Waals surface area contributed by atoms with E-state index < -0.39 is 0 Å². The average Bonchev–Trinajstić information content (AvgIpc) is 3.09. The third-order valence-corrected chi connectivity index (χ3v) is 4.26. The second-order valence-electron chi connectivity index (χ2n) is 5.75. The standard InChI is InChI=1S/C15H22N2O3/c1-10-7-12(11(2)20-10)15(18)16-13-8-19-9-14(13)17-5-3-4-6-17/h7,13-14H,3-6,8-9H2,1-2H3,(H,16,18)/t13-,14-/m0/s1. The summed E-state index contributed by atoms with van der Waals surface area (Å²) in [6.07, 6.45) is 2.49. The lowest BCUT2D eigenvalue weighted by Gasteiger charge is -2.27. The van der Waals surface area contributed by atoms with E-state index in [2.05, 4.69) is 10.2 Å². The number of likely N-dealkylation sites (tertiary alicyclic amines) is 1. The second-order valence-corrected chi connectivity index (χ2v) is 5.75. The molecule has 1 aromatic rings. The first kappa shape index (κ1) is 13.6. The van der Waals surface area contributed by atoms with E-state index in [4.69, 9.17) is 9.15 Å². The van der Waals surface area contributed by atoms with Gasteiger partial charge in [0.05, 0.1) is 30.9 Å². The summed E-state index contributed by atoms with van der Waals surface area (Å²) in [7, 11) is 0. The molecule has 0 radical (unpaired) electrons. The molecule has 110 valence electrons. The van der Waals surface area contributed by atoms with E-state index in [1.165, 1.54) is 12.8 Å². The number of hydrogen-bond acceptors (Lipinski definition) is 4. The van der Waals surface area contributed by atoms with Crippen molar-refractivity contribution in [1.29, 1.82) is 0 Å². The number of carbonyl (C=O) groups excluding carboxylic acids is 1. The van der Waals surface area contributed by atoms with E-state index in [1.807, 2.05) is 13.8 Å². The molecule has 0 bridgehead atoms. The van der Waals surface area contributed by atoms with E-state index in [0.29, 0.717) is 30.6 Å². The molecular weight excluding hydrogens is 256 g/mol. The molecule has 2 saturated heterocycles. The van der Waals surface area contributed by atoms with Crippen LogP contribution in [-0.4, -0.2) is 49.2 Å². The number of nitrogens with zero attached hydrogens (tertiary/aromatic N) is 1. The molecule has 0 spiro atoms. The maximum absolute atomic E-state index is 12.4. The van der Waals surface area contributed by atoms with Gasteiger partial charge in [0.1, 0.15) is 11.5 Å². The number of rotatable bonds is 3. The number of amides is 1. The van der Waals surface area contributed by atoms with Crippen LogP contribution in [0.15, 0.2) is 10.5 Å². The van der Waals surface area contributed by atoms with Crippen molar-refractivity contribution in [1.82, 2.24) is 10.2 Å². The van der Waals surface area contributed by atoms with Gasteiger partial charge in [0.25, 0.3) is 5.91 Å². The molecule has 0 aromatic carbocycles. The van der Waals surface area contributed by atoms with E-state index in [-0.39, 0.29) is 11.9 Å². The molecule has 1 amide bonds. The highest BCUT2D eigenvalue weighted by Gasteiger charge is 2.35. The van der Waals surface area contributed by atoms with Crippen LogP contribution in [0, 0.1) is 13.8 Å². The van der Waals surface area contributed by atoms with Gasteiger partial charge >= 0.3 is 0 Å². The molecule has 1 N–H and O–H groups in total. The van der Waals surface area contributed by atoms with Crippen molar-refractivity contribution in [2.24, 2.45) is 0 Å². The van der Waals surface area contributed by atoms with Crippen LogP contribution in [-0.2, 0) is 4.74 Å². The molecule has 0 aliphatic carbocycles. The van der Waals surface area contributed by atoms with Crippen LogP contribution in [0.3, 0.4) is 0 Å². The van der Waals surface area contributed by atoms with E-state index in [1.54, 1.807) is 6.07 Å². The Morgan fingerprint density at radius 3 is 2.70 bits per heavy atom. The van der Waals surface area contributed by atoms with Crippen molar-refractivity contribution in [3.05, 3.63) is 23.2 Å². The summed E-state index contributed by atoms with van der Waals surface area (Å²) in [5, 5.41) is 3.11. The van der Waals surface area contributed by atoms with E-state index in [9.17, 15) is 4.79 Å². The number of furan rings is 1. The lowest BCUT2D eigenvalue weighted by atomic mass is 10.1. The highest BCUT2D eigenvalue weighted by molar-refractivity contribution is 5.95. The fraction of sp³-hybridized carbons (Fsp3) is 0.667. The lowest BCUT2D eigenvalue weighted by Crippen LogP contribution is -2.50. The number of aryl methyl sites for hydroxylation is 2. The molecule has 2 aliphatic heterocycles. The molecule has 1 aromatic heterocycles. The Labute approximate surface area is 119 Å². The van der Waals surface area contributed by atoms with Gasteiger partial charge in [-0.1, -0.05) is 0 Å². The van der Waals surface area contributed by atoms with E-state index >= 15 is 0 Å². The molecule has 2 fully saturated rings. The molecular formula is C15H22N2O3. The molecule has 0 saturated carbocycles. The fourth-order valence-corrected chi connectivity index (χ4v) is 3.22. The molecule has 5 heteroatoms. The highest BCUT2D eigenvalue weighted by Crippen LogP contribution is 2.20. The SMILES string of the molecule is Cc1cc(C(=O)N[C@H]2COC[C@@H]2N2CCCC2)c(C)o1. The quantitative estimate of drug-likeness (QED) is 0.910. The van der Waals surface area contributed by atoms with Crippen molar-refractivity contribution >= 4 is 5.91 Å². The van der Waals surface area contributed by atoms with Gasteiger partial charge in [-0.3, -0.25) is 9.69 Å². The second kappa shape index (κ2) is 5.58. The molecule has 3 rings (SSSR count). The summed E-state index contributed by atoms with van der Waals surface area (Å²) in [6.45, 7) is 7.23. The van der Waals surface area contributed by atoms with Crippen molar-refractivity contribution < 1.29 is 13.9 Å². The van der Waals surface area contributed by atoms with Gasteiger partial charge in [0, 0.05) is 0 Å². The van der Waals surface area contributed by atoms with E-state index in [0.717, 1.165) is 18.8 Å². The lowest BCUT2D eigenvalue weighted by molar-refractivity contribution is 0.0915. The normalized spacial score (nSPS) is 27.1. The zero-order valence-electron chi connectivity index (χ0n) is 12.1. The van der Waals surface area contributed by atoms with Crippen LogP contribution in [0.25, 0.3) is 0 Å². The van der Waals surface area contributed by atoms with Gasteiger partial charge < -0.3 is 14.5 Å². The maximum atomic E-state index is 12.4. The third-order valence-electron chi connectivity index (χ3n) is 4.26. The zero-order valence-corrected chi connectivity index (χ0v) is 12.1. The Hall–Kier alpha value is -1.33. The Morgan fingerprint density at radius 2 is 2.05 bits per heavy atom. The number of carbonyl (C=O) groups is 1. The molecule has 20 heavy (non-hydrogen) atoms. The van der Waals surface area contributed by atoms with Crippen LogP contribution in [0.4, 0.5) is 0 Å². The predicted molar refractivity (Wildman–Crippen MR) is 74.9 cm³/mol. The Bertz CT molecular complexity index is 491. The summed E-state index contributed by atoms with van der Waals surface area (Å²) in [4.78, 5) is 14.8. The van der Waals surface area contributed by atoms with Crippen molar-refractivity contribution in [2.75, 3.05) is 26.3 Å². The summed E-state index contributed by atoms with van der Waals surface area (Å²) in [5.74, 6) is 1.39. The minimum absolute atomic E-state index is 0.0564. The first-order valence-electron chi connectivity index (χ1n) is 7.35. The largest absolute Gasteiger partial charge is 0.466 e. The highest BCUT2D eigenvalue weighted by atomic mass is 16.5. The van der Waals surface area contributed by atoms with Gasteiger partial charge in [-0.15, -0.1) is 0 Å². The van der Waals surface area contributed by atoms with Crippen molar-refractivity contribution in [3.63, 3.8) is 0 Å². The van der Waals surface area contributed by atoms with Gasteiger partial charge in [0.2, 0.25) is 0 Å². The minimum Gasteiger partial charge on any atom is -0.466 e. The Kier molecular flexibility index (Phi) is 3.81. The number of ether oxygens (including phenoxy) is 1. The smallest absolute Gasteiger partial charge is 0.255 e. The van der Waals surface area contributed by atoms with Gasteiger partial charge in [-0.2, -0.15) is 0 Å². The number of nitrogens with one attached hydrogen (secondary N) is 1. The van der Waals surface area contributed by atoms with Crippen LogP contribution < -0.4 is 5.32 Å². The topological polar surface area (TPSA) is 54.7 Å². The third kappa shape index (κ3) is 2.60. The van der Waals surface area contributed by atoms with Crippen molar-refractivity contribution in [3.8, 4) is 0 Å². The molecule has 0 unspecified atom stereocenters. The average molecular weight is 278 g/mol. The molecule has 3 heterocycles. The Balaban J connectivity index is 1.67. The van der Waals surface area contributed by atoms with Crippen LogP contribution in [0.2, 0.25) is 0 Å². The monoisotopic (exact) mass is 278 g/mol. The molecule has 2 atom stereocenters. The summed E-state index contributed by atoms with van der Waals surface area (Å²) >= 11 is 0. The minimum atomic E-state index is -0.0564. The fourth-order valence-electron chi connectivity index (χ4n) is 3.22. The number of hydrogen-bond donors (Lipinski definition) is 1. The first-order valence-corrected chi connectivity index (χ1v) is 7.35. The first-order chi connectivity index (χ1) is 9.65. The maximum Gasteiger partial charge on any atom is 0.255 e. The summed E-state index contributed by atoms with van der Waals surface area (Å²) in [5.41, 5.74) is 0.634. The van der Waals surface area contributed by atoms with Crippen LogP contribution in [0.5, 0.6) is 0 Å². The predicted octanol–water partition coefficient (Wildman–Crippen LogP) is 1.49. The Morgan fingerprint density at radius 1 is 1.30 bits per heavy atom. The zero-order chi connectivity index (χ0) is 14.1. The summed E-state index contributed by atoms with van der Waals surface area (Å²) in [6, 6.07) is 2.19. The molecule has 2 aliphatic rings. The van der Waals surface area contributed by atoms with Crippen LogP contribution in [0.1, 0.15) is 34.7 Å². The summed E-state index contributed by atoms with van der Waals surface area (Å²) < 4.78 is 11.0. The van der Waals surface area contributed by atoms with Gasteiger partial charge in [-0.05, 0) is 45.8 Å². The van der Waals surface area contributed by atoms with Gasteiger partial charge in [-0.25, -0.2) is 0 Å². The molecule has 5 nitrogen and oxygen atoms in total. The van der Waals surface area contributed by atoms with Gasteiger partial charge in [0.15, 0.2) is 0 Å².